The largest absolute Gasteiger partial charge is 0.326 e. The van der Waals surface area contributed by atoms with Crippen molar-refractivity contribution in [2.45, 2.75) is 0 Å². The maximum atomic E-state index is 12.9. The number of rotatable bonds is 2. The van der Waals surface area contributed by atoms with Gasteiger partial charge in [0.25, 0.3) is 5.91 Å². The molecule has 7 heteroatoms. The average molecular weight is 372 g/mol. The van der Waals surface area contributed by atoms with Crippen LogP contribution in [-0.4, -0.2) is 11.9 Å². The summed E-state index contributed by atoms with van der Waals surface area (Å²) < 4.78 is 13.8. The molecular weight excluding hydrogens is 363 g/mol. The summed E-state index contributed by atoms with van der Waals surface area (Å²) in [7, 11) is 0. The number of benzene rings is 2. The van der Waals surface area contributed by atoms with Crippen molar-refractivity contribution in [3.05, 3.63) is 63.3 Å². The molecule has 0 saturated heterocycles. The van der Waals surface area contributed by atoms with Crippen molar-refractivity contribution in [2.75, 3.05) is 5.32 Å². The molecule has 0 saturated carbocycles. The molecule has 0 fully saturated rings. The second-order valence-corrected chi connectivity index (χ2v) is 5.36. The number of hydrogen-bond donors (Lipinski definition) is 2. The van der Waals surface area contributed by atoms with E-state index in [9.17, 15) is 14.0 Å². The van der Waals surface area contributed by atoms with Crippen LogP contribution >= 0.6 is 27.5 Å². The molecule has 0 aromatic heterocycles. The lowest BCUT2D eigenvalue weighted by atomic mass is 10.2. The van der Waals surface area contributed by atoms with E-state index in [2.05, 4.69) is 26.6 Å². The fraction of sp³-hybridized carbons (Fsp3) is 0. The Hall–Kier alpha value is -1.92. The van der Waals surface area contributed by atoms with Crippen LogP contribution in [0.1, 0.15) is 10.4 Å². The number of hydrogen-bond acceptors (Lipinski definition) is 2. The van der Waals surface area contributed by atoms with Gasteiger partial charge in [0, 0.05) is 10.2 Å². The number of carbonyl (C=O) groups excluding carboxylic acids is 2. The molecule has 0 radical (unpaired) electrons. The van der Waals surface area contributed by atoms with E-state index >= 15 is 0 Å². The zero-order chi connectivity index (χ0) is 15.4. The van der Waals surface area contributed by atoms with Crippen LogP contribution in [0.3, 0.4) is 0 Å². The van der Waals surface area contributed by atoms with E-state index in [1.54, 1.807) is 24.3 Å². The monoisotopic (exact) mass is 370 g/mol. The van der Waals surface area contributed by atoms with Crippen molar-refractivity contribution < 1.29 is 14.0 Å². The van der Waals surface area contributed by atoms with Gasteiger partial charge in [-0.05, 0) is 42.5 Å². The summed E-state index contributed by atoms with van der Waals surface area (Å²) in [4.78, 5) is 23.5. The summed E-state index contributed by atoms with van der Waals surface area (Å²) in [5.74, 6) is -1.27. The number of halogens is 3. The van der Waals surface area contributed by atoms with Gasteiger partial charge in [-0.15, -0.1) is 0 Å². The van der Waals surface area contributed by atoms with Gasteiger partial charge in [0.2, 0.25) is 0 Å². The van der Waals surface area contributed by atoms with E-state index in [1.807, 2.05) is 0 Å². The van der Waals surface area contributed by atoms with Crippen LogP contribution in [-0.2, 0) is 0 Å². The van der Waals surface area contributed by atoms with E-state index in [0.29, 0.717) is 5.69 Å². The summed E-state index contributed by atoms with van der Waals surface area (Å²) in [5, 5.41) is 4.54. The third-order valence-corrected chi connectivity index (χ3v) is 3.35. The highest BCUT2D eigenvalue weighted by Gasteiger charge is 2.14. The van der Waals surface area contributed by atoms with Crippen LogP contribution in [0.15, 0.2) is 46.9 Å². The minimum absolute atomic E-state index is 0.0176. The molecule has 108 valence electrons. The molecule has 0 atom stereocenters. The SMILES string of the molecule is O=C(NC(=O)c1ccc(F)cc1Cl)Nc1ccc(Br)cc1. The minimum atomic E-state index is -0.713. The highest BCUT2D eigenvalue weighted by Crippen LogP contribution is 2.17. The quantitative estimate of drug-likeness (QED) is 0.831. The van der Waals surface area contributed by atoms with Crippen LogP contribution in [0.2, 0.25) is 5.02 Å². The minimum Gasteiger partial charge on any atom is -0.308 e. The van der Waals surface area contributed by atoms with Crippen LogP contribution in [0.4, 0.5) is 14.9 Å². The Kier molecular flexibility index (Phi) is 4.93. The Labute approximate surface area is 133 Å². The Morgan fingerprint density at radius 1 is 1.10 bits per heavy atom. The van der Waals surface area contributed by atoms with Gasteiger partial charge < -0.3 is 5.32 Å². The second kappa shape index (κ2) is 6.69. The third-order valence-electron chi connectivity index (χ3n) is 2.50. The van der Waals surface area contributed by atoms with E-state index in [1.165, 1.54) is 6.07 Å². The van der Waals surface area contributed by atoms with Crippen LogP contribution in [0.5, 0.6) is 0 Å². The molecule has 3 amide bonds. The molecule has 0 spiro atoms. The summed E-state index contributed by atoms with van der Waals surface area (Å²) in [6.07, 6.45) is 0. The molecule has 4 nitrogen and oxygen atoms in total. The first-order valence-electron chi connectivity index (χ1n) is 5.78. The van der Waals surface area contributed by atoms with Crippen LogP contribution < -0.4 is 10.6 Å². The van der Waals surface area contributed by atoms with Gasteiger partial charge in [0.1, 0.15) is 5.82 Å². The maximum absolute atomic E-state index is 12.9. The predicted octanol–water partition coefficient (Wildman–Crippen LogP) is 4.20. The first-order valence-corrected chi connectivity index (χ1v) is 6.96. The predicted molar refractivity (Wildman–Crippen MR) is 82.0 cm³/mol. The number of carbonyl (C=O) groups is 2. The van der Waals surface area contributed by atoms with Gasteiger partial charge >= 0.3 is 6.03 Å². The number of imide groups is 1. The number of urea groups is 1. The van der Waals surface area contributed by atoms with E-state index in [4.69, 9.17) is 11.6 Å². The smallest absolute Gasteiger partial charge is 0.308 e. The number of nitrogens with one attached hydrogen (secondary N) is 2. The van der Waals surface area contributed by atoms with Crippen molar-refractivity contribution in [3.8, 4) is 0 Å². The first-order chi connectivity index (χ1) is 9.95. The summed E-state index contributed by atoms with van der Waals surface area (Å²) in [5.41, 5.74) is 0.540. The molecule has 0 aliphatic heterocycles. The molecule has 0 heterocycles. The van der Waals surface area contributed by atoms with Gasteiger partial charge in [-0.1, -0.05) is 27.5 Å². The molecular formula is C14H9BrClFN2O2. The van der Waals surface area contributed by atoms with Crippen molar-refractivity contribution in [3.63, 3.8) is 0 Å². The zero-order valence-electron chi connectivity index (χ0n) is 10.5. The topological polar surface area (TPSA) is 58.2 Å². The van der Waals surface area contributed by atoms with Crippen molar-refractivity contribution in [1.82, 2.24) is 5.32 Å². The average Bonchev–Trinajstić information content (AvgIpc) is 2.41. The van der Waals surface area contributed by atoms with Gasteiger partial charge in [0.15, 0.2) is 0 Å². The van der Waals surface area contributed by atoms with E-state index in [0.717, 1.165) is 16.6 Å². The fourth-order valence-corrected chi connectivity index (χ4v) is 2.06. The molecule has 2 aromatic carbocycles. The summed E-state index contributed by atoms with van der Waals surface area (Å²) in [6, 6.07) is 9.42. The van der Waals surface area contributed by atoms with Crippen molar-refractivity contribution in [1.29, 1.82) is 0 Å². The van der Waals surface area contributed by atoms with E-state index < -0.39 is 17.8 Å². The van der Waals surface area contributed by atoms with E-state index in [-0.39, 0.29) is 10.6 Å². The lowest BCUT2D eigenvalue weighted by Crippen LogP contribution is -2.34. The molecule has 0 aliphatic rings. The van der Waals surface area contributed by atoms with Crippen LogP contribution in [0.25, 0.3) is 0 Å². The number of anilines is 1. The molecule has 0 bridgehead atoms. The standard InChI is InChI=1S/C14H9BrClFN2O2/c15-8-1-4-10(5-2-8)18-14(21)19-13(20)11-6-3-9(17)7-12(11)16/h1-7H,(H2,18,19,20,21). The first kappa shape index (κ1) is 15.5. The molecule has 2 rings (SSSR count). The fourth-order valence-electron chi connectivity index (χ4n) is 1.54. The summed E-state index contributed by atoms with van der Waals surface area (Å²) in [6.45, 7) is 0. The molecule has 2 aromatic rings. The lowest BCUT2D eigenvalue weighted by Gasteiger charge is -2.08. The van der Waals surface area contributed by atoms with Gasteiger partial charge in [-0.25, -0.2) is 9.18 Å². The van der Waals surface area contributed by atoms with Gasteiger partial charge in [0.05, 0.1) is 10.6 Å². The molecule has 21 heavy (non-hydrogen) atoms. The van der Waals surface area contributed by atoms with Crippen molar-refractivity contribution in [2.24, 2.45) is 0 Å². The third kappa shape index (κ3) is 4.27. The lowest BCUT2D eigenvalue weighted by molar-refractivity contribution is 0.0967. The molecule has 0 unspecified atom stereocenters. The number of amides is 3. The normalized spacial score (nSPS) is 10.0. The van der Waals surface area contributed by atoms with Gasteiger partial charge in [-0.3, -0.25) is 10.1 Å². The Morgan fingerprint density at radius 2 is 1.76 bits per heavy atom. The van der Waals surface area contributed by atoms with Crippen LogP contribution in [0, 0.1) is 5.82 Å². The summed E-state index contributed by atoms with van der Waals surface area (Å²) >= 11 is 9.02. The maximum Gasteiger partial charge on any atom is 0.326 e. The molecule has 0 aliphatic carbocycles. The molecule has 2 N–H and O–H groups in total. The Bertz CT molecular complexity index is 692. The highest BCUT2D eigenvalue weighted by molar-refractivity contribution is 9.10. The zero-order valence-corrected chi connectivity index (χ0v) is 12.8. The van der Waals surface area contributed by atoms with Crippen molar-refractivity contribution >= 4 is 45.2 Å². The Balaban J connectivity index is 2.02. The van der Waals surface area contributed by atoms with Gasteiger partial charge in [-0.2, -0.15) is 0 Å². The Morgan fingerprint density at radius 3 is 2.38 bits per heavy atom. The highest BCUT2D eigenvalue weighted by atomic mass is 79.9. The second-order valence-electron chi connectivity index (χ2n) is 4.04.